The van der Waals surface area contributed by atoms with E-state index in [9.17, 15) is 4.79 Å². The van der Waals surface area contributed by atoms with Gasteiger partial charge in [0.1, 0.15) is 0 Å². The molecule has 1 fully saturated rings. The van der Waals surface area contributed by atoms with Crippen molar-refractivity contribution in [2.75, 3.05) is 32.6 Å². The van der Waals surface area contributed by atoms with Crippen LogP contribution in [0.5, 0.6) is 11.5 Å². The minimum Gasteiger partial charge on any atom is -0.493 e. The van der Waals surface area contributed by atoms with Gasteiger partial charge >= 0.3 is 0 Å². The second-order valence-electron chi connectivity index (χ2n) is 6.58. The lowest BCUT2D eigenvalue weighted by Crippen LogP contribution is -2.39. The standard InChI is InChI=1S/C20H32N4O3.HI/c1-4-27-18-14-16(10-11-17(18)26-3)24-20(21-2)22-13-12-19(25)23-15-8-6-5-7-9-15;/h10-11,14-15H,4-9,12-13H2,1-3H3,(H,23,25)(H2,21,22,24);1H. The van der Waals surface area contributed by atoms with Gasteiger partial charge in [0.15, 0.2) is 17.5 Å². The summed E-state index contributed by atoms with van der Waals surface area (Å²) in [6.45, 7) is 3.01. The molecule has 158 valence electrons. The number of guanidine groups is 1. The summed E-state index contributed by atoms with van der Waals surface area (Å²) in [7, 11) is 3.31. The number of ether oxygens (including phenoxy) is 2. The second-order valence-corrected chi connectivity index (χ2v) is 6.58. The molecule has 2 rings (SSSR count). The van der Waals surface area contributed by atoms with Crippen LogP contribution in [-0.4, -0.2) is 45.2 Å². The van der Waals surface area contributed by atoms with E-state index in [0.29, 0.717) is 43.1 Å². The molecule has 0 heterocycles. The second kappa shape index (κ2) is 13.5. The van der Waals surface area contributed by atoms with E-state index in [1.54, 1.807) is 14.2 Å². The Morgan fingerprint density at radius 2 is 1.96 bits per heavy atom. The van der Waals surface area contributed by atoms with E-state index < -0.39 is 0 Å². The van der Waals surface area contributed by atoms with Gasteiger partial charge in [0, 0.05) is 37.8 Å². The number of nitrogens with zero attached hydrogens (tertiary/aromatic N) is 1. The topological polar surface area (TPSA) is 84.0 Å². The largest absolute Gasteiger partial charge is 0.493 e. The number of hydrogen-bond acceptors (Lipinski definition) is 4. The highest BCUT2D eigenvalue weighted by Gasteiger charge is 2.15. The van der Waals surface area contributed by atoms with Crippen LogP contribution < -0.4 is 25.4 Å². The predicted molar refractivity (Wildman–Crippen MR) is 124 cm³/mol. The summed E-state index contributed by atoms with van der Waals surface area (Å²) in [5, 5.41) is 9.50. The molecule has 1 aromatic rings. The molecule has 8 heteroatoms. The zero-order valence-corrected chi connectivity index (χ0v) is 19.4. The molecule has 0 aromatic heterocycles. The molecule has 1 aromatic carbocycles. The van der Waals surface area contributed by atoms with Crippen molar-refractivity contribution in [3.05, 3.63) is 18.2 Å². The van der Waals surface area contributed by atoms with Gasteiger partial charge in [0.25, 0.3) is 0 Å². The molecule has 1 saturated carbocycles. The summed E-state index contributed by atoms with van der Waals surface area (Å²) in [6.07, 6.45) is 6.33. The Balaban J connectivity index is 0.00000392. The van der Waals surface area contributed by atoms with Gasteiger partial charge in [-0.05, 0) is 31.9 Å². The summed E-state index contributed by atoms with van der Waals surface area (Å²) in [5.74, 6) is 2.05. The highest BCUT2D eigenvalue weighted by Crippen LogP contribution is 2.30. The summed E-state index contributed by atoms with van der Waals surface area (Å²) in [6, 6.07) is 5.95. The van der Waals surface area contributed by atoms with Gasteiger partial charge < -0.3 is 25.4 Å². The third-order valence-electron chi connectivity index (χ3n) is 4.56. The van der Waals surface area contributed by atoms with Gasteiger partial charge in [0.05, 0.1) is 13.7 Å². The molecule has 0 atom stereocenters. The number of methoxy groups -OCH3 is 1. The van der Waals surface area contributed by atoms with Crippen LogP contribution in [-0.2, 0) is 4.79 Å². The van der Waals surface area contributed by atoms with Crippen LogP contribution in [0.15, 0.2) is 23.2 Å². The van der Waals surface area contributed by atoms with Crippen molar-refractivity contribution >= 4 is 41.5 Å². The van der Waals surface area contributed by atoms with E-state index >= 15 is 0 Å². The van der Waals surface area contributed by atoms with Crippen molar-refractivity contribution in [3.63, 3.8) is 0 Å². The third kappa shape index (κ3) is 8.12. The van der Waals surface area contributed by atoms with Gasteiger partial charge in [0.2, 0.25) is 5.91 Å². The third-order valence-corrected chi connectivity index (χ3v) is 4.56. The maximum atomic E-state index is 12.1. The first-order valence-corrected chi connectivity index (χ1v) is 9.74. The summed E-state index contributed by atoms with van der Waals surface area (Å²) >= 11 is 0. The van der Waals surface area contributed by atoms with E-state index in [1.165, 1.54) is 19.3 Å². The zero-order chi connectivity index (χ0) is 19.5. The maximum absolute atomic E-state index is 12.1. The Morgan fingerprint density at radius 3 is 2.61 bits per heavy atom. The normalized spacial score (nSPS) is 14.6. The van der Waals surface area contributed by atoms with Crippen molar-refractivity contribution in [1.82, 2.24) is 10.6 Å². The molecule has 0 saturated heterocycles. The lowest BCUT2D eigenvalue weighted by Gasteiger charge is -2.22. The first-order chi connectivity index (χ1) is 13.2. The number of nitrogens with one attached hydrogen (secondary N) is 3. The van der Waals surface area contributed by atoms with Crippen molar-refractivity contribution in [2.45, 2.75) is 51.5 Å². The number of amides is 1. The first kappa shape index (κ1) is 24.3. The van der Waals surface area contributed by atoms with Crippen molar-refractivity contribution < 1.29 is 14.3 Å². The lowest BCUT2D eigenvalue weighted by atomic mass is 9.95. The monoisotopic (exact) mass is 504 g/mol. The molecule has 1 aliphatic carbocycles. The molecule has 0 bridgehead atoms. The fourth-order valence-electron chi connectivity index (χ4n) is 3.18. The predicted octanol–water partition coefficient (Wildman–Crippen LogP) is 3.54. The van der Waals surface area contributed by atoms with Crippen molar-refractivity contribution in [1.29, 1.82) is 0 Å². The molecule has 1 amide bonds. The van der Waals surface area contributed by atoms with E-state index in [0.717, 1.165) is 18.5 Å². The lowest BCUT2D eigenvalue weighted by molar-refractivity contribution is -0.121. The molecule has 0 spiro atoms. The quantitative estimate of drug-likeness (QED) is 0.287. The van der Waals surface area contributed by atoms with Crippen LogP contribution in [0.2, 0.25) is 0 Å². The number of hydrogen-bond donors (Lipinski definition) is 3. The van der Waals surface area contributed by atoms with Crippen molar-refractivity contribution in [2.24, 2.45) is 4.99 Å². The molecule has 3 N–H and O–H groups in total. The number of carbonyl (C=O) groups excluding carboxylic acids is 1. The number of halogens is 1. The number of rotatable bonds is 8. The van der Waals surface area contributed by atoms with Crippen LogP contribution in [0, 0.1) is 0 Å². The fraction of sp³-hybridized carbons (Fsp3) is 0.600. The van der Waals surface area contributed by atoms with Gasteiger partial charge in [-0.15, -0.1) is 24.0 Å². The van der Waals surface area contributed by atoms with Crippen LogP contribution in [0.25, 0.3) is 0 Å². The van der Waals surface area contributed by atoms with Crippen LogP contribution in [0.3, 0.4) is 0 Å². The first-order valence-electron chi connectivity index (χ1n) is 9.74. The number of benzene rings is 1. The van der Waals surface area contributed by atoms with Crippen LogP contribution >= 0.6 is 24.0 Å². The van der Waals surface area contributed by atoms with Crippen molar-refractivity contribution in [3.8, 4) is 11.5 Å². The van der Waals surface area contributed by atoms with Crippen LogP contribution in [0.1, 0.15) is 45.4 Å². The molecule has 0 radical (unpaired) electrons. The maximum Gasteiger partial charge on any atom is 0.221 e. The van der Waals surface area contributed by atoms with Gasteiger partial charge in [-0.2, -0.15) is 0 Å². The Hall–Kier alpha value is -1.71. The minimum absolute atomic E-state index is 0. The highest BCUT2D eigenvalue weighted by atomic mass is 127. The minimum atomic E-state index is 0. The smallest absolute Gasteiger partial charge is 0.221 e. The molecule has 0 aliphatic heterocycles. The Bertz CT molecular complexity index is 634. The number of anilines is 1. The molecule has 1 aliphatic rings. The highest BCUT2D eigenvalue weighted by molar-refractivity contribution is 14.0. The average molecular weight is 504 g/mol. The number of aliphatic imine (C=N–C) groups is 1. The average Bonchev–Trinajstić information content (AvgIpc) is 2.68. The number of carbonyl (C=O) groups is 1. The summed E-state index contributed by atoms with van der Waals surface area (Å²) in [4.78, 5) is 16.3. The Morgan fingerprint density at radius 1 is 1.21 bits per heavy atom. The molecule has 28 heavy (non-hydrogen) atoms. The van der Waals surface area contributed by atoms with E-state index in [2.05, 4.69) is 20.9 Å². The van der Waals surface area contributed by atoms with E-state index in [1.807, 2.05) is 25.1 Å². The van der Waals surface area contributed by atoms with E-state index in [-0.39, 0.29) is 29.9 Å². The van der Waals surface area contributed by atoms with Gasteiger partial charge in [-0.25, -0.2) is 0 Å². The molecular weight excluding hydrogens is 471 g/mol. The van der Waals surface area contributed by atoms with Gasteiger partial charge in [-0.3, -0.25) is 9.79 Å². The van der Waals surface area contributed by atoms with E-state index in [4.69, 9.17) is 9.47 Å². The van der Waals surface area contributed by atoms with Gasteiger partial charge in [-0.1, -0.05) is 19.3 Å². The fourth-order valence-corrected chi connectivity index (χ4v) is 3.18. The summed E-state index contributed by atoms with van der Waals surface area (Å²) < 4.78 is 10.9. The van der Waals surface area contributed by atoms with Crippen LogP contribution in [0.4, 0.5) is 5.69 Å². The summed E-state index contributed by atoms with van der Waals surface area (Å²) in [5.41, 5.74) is 0.832. The zero-order valence-electron chi connectivity index (χ0n) is 17.0. The molecule has 0 unspecified atom stereocenters. The Labute approximate surface area is 185 Å². The SMILES string of the molecule is CCOc1cc(NC(=NC)NCCC(=O)NC2CCCCC2)ccc1OC.I. The Kier molecular flexibility index (Phi) is 11.7. The molecular formula is C20H33IN4O3. The molecule has 7 nitrogen and oxygen atoms in total.